The number of ketones is 1. The van der Waals surface area contributed by atoms with Crippen LogP contribution in [0, 0.1) is 0 Å². The molecule has 0 atom stereocenters. The Labute approximate surface area is 90.1 Å². The van der Waals surface area contributed by atoms with Crippen LogP contribution in [0.3, 0.4) is 0 Å². The van der Waals surface area contributed by atoms with Crippen molar-refractivity contribution < 1.29 is 4.79 Å². The van der Waals surface area contributed by atoms with Crippen LogP contribution in [-0.4, -0.2) is 29.3 Å². The zero-order valence-electron chi connectivity index (χ0n) is 9.29. The highest BCUT2D eigenvalue weighted by Crippen LogP contribution is 2.20. The summed E-state index contributed by atoms with van der Waals surface area (Å²) in [6.07, 6.45) is 5.33. The van der Waals surface area contributed by atoms with Gasteiger partial charge in [0, 0.05) is 31.9 Å². The van der Waals surface area contributed by atoms with Crippen LogP contribution in [0.5, 0.6) is 0 Å². The lowest BCUT2D eigenvalue weighted by Crippen LogP contribution is -2.27. The van der Waals surface area contributed by atoms with Crippen LogP contribution in [0.4, 0.5) is 0 Å². The number of pyridine rings is 1. The maximum atomic E-state index is 11.1. The number of hydrogen-bond acceptors (Lipinski definition) is 3. The molecule has 0 N–H and O–H groups in total. The Morgan fingerprint density at radius 2 is 2.33 bits per heavy atom. The van der Waals surface area contributed by atoms with Crippen LogP contribution < -0.4 is 0 Å². The van der Waals surface area contributed by atoms with Gasteiger partial charge in [-0.05, 0) is 37.1 Å². The molecule has 0 saturated heterocycles. The van der Waals surface area contributed by atoms with E-state index in [2.05, 4.69) is 16.9 Å². The molecule has 2 rings (SSSR count). The second-order valence-electron chi connectivity index (χ2n) is 4.30. The highest BCUT2D eigenvalue weighted by atomic mass is 16.1. The molecule has 80 valence electrons. The summed E-state index contributed by atoms with van der Waals surface area (Å²) in [6.45, 7) is 3.66. The highest BCUT2D eigenvalue weighted by molar-refractivity contribution is 5.78. The molecule has 1 aliphatic rings. The summed E-state index contributed by atoms with van der Waals surface area (Å²) in [5.41, 5.74) is 3.74. The van der Waals surface area contributed by atoms with E-state index in [-0.39, 0.29) is 5.78 Å². The van der Waals surface area contributed by atoms with Gasteiger partial charge in [0.25, 0.3) is 0 Å². The lowest BCUT2D eigenvalue weighted by atomic mass is 9.95. The lowest BCUT2D eigenvalue weighted by molar-refractivity contribution is -0.116. The van der Waals surface area contributed by atoms with Crippen LogP contribution in [0.15, 0.2) is 12.4 Å². The monoisotopic (exact) mass is 204 g/mol. The first-order valence-corrected chi connectivity index (χ1v) is 5.29. The maximum Gasteiger partial charge on any atom is 0.134 e. The van der Waals surface area contributed by atoms with Gasteiger partial charge in [0.15, 0.2) is 0 Å². The zero-order chi connectivity index (χ0) is 10.8. The molecule has 15 heavy (non-hydrogen) atoms. The molecule has 0 spiro atoms. The van der Waals surface area contributed by atoms with Gasteiger partial charge < -0.3 is 4.90 Å². The number of hydrogen-bond donors (Lipinski definition) is 0. The minimum atomic E-state index is 0.212. The fraction of sp³-hybridized carbons (Fsp3) is 0.500. The fourth-order valence-corrected chi connectivity index (χ4v) is 2.13. The summed E-state index contributed by atoms with van der Waals surface area (Å²) in [6, 6.07) is 0. The molecule has 3 heteroatoms. The van der Waals surface area contributed by atoms with Crippen molar-refractivity contribution in [3.63, 3.8) is 0 Å². The Kier molecular flexibility index (Phi) is 2.82. The van der Waals surface area contributed by atoms with Crippen molar-refractivity contribution in [2.45, 2.75) is 26.3 Å². The van der Waals surface area contributed by atoms with Gasteiger partial charge in [-0.15, -0.1) is 0 Å². The molecule has 0 bridgehead atoms. The Balaban J connectivity index is 2.33. The van der Waals surface area contributed by atoms with Crippen LogP contribution in [0.2, 0.25) is 0 Å². The summed E-state index contributed by atoms with van der Waals surface area (Å²) in [5, 5.41) is 0. The quantitative estimate of drug-likeness (QED) is 0.725. The minimum absolute atomic E-state index is 0.212. The van der Waals surface area contributed by atoms with E-state index in [0.717, 1.165) is 25.1 Å². The van der Waals surface area contributed by atoms with E-state index in [4.69, 9.17) is 0 Å². The number of likely N-dealkylation sites (N-methyl/N-ethyl adjacent to an activating group) is 1. The minimum Gasteiger partial charge on any atom is -0.302 e. The third-order valence-corrected chi connectivity index (χ3v) is 2.86. The molecule has 0 unspecified atom stereocenters. The Morgan fingerprint density at radius 1 is 1.53 bits per heavy atom. The summed E-state index contributed by atoms with van der Waals surface area (Å²) in [4.78, 5) is 17.6. The number of fused-ring (bicyclic) bond motifs is 1. The van der Waals surface area contributed by atoms with Crippen LogP contribution in [0.1, 0.15) is 23.6 Å². The summed E-state index contributed by atoms with van der Waals surface area (Å²) < 4.78 is 0. The van der Waals surface area contributed by atoms with E-state index < -0.39 is 0 Å². The first-order chi connectivity index (χ1) is 7.16. The molecule has 1 aliphatic heterocycles. The Bertz CT molecular complexity index is 387. The van der Waals surface area contributed by atoms with Gasteiger partial charge >= 0.3 is 0 Å². The second-order valence-corrected chi connectivity index (χ2v) is 4.30. The predicted octanol–water partition coefficient (Wildman–Crippen LogP) is 1.20. The number of carbonyl (C=O) groups excluding carboxylic acids is 1. The molecule has 0 aliphatic carbocycles. The van der Waals surface area contributed by atoms with Crippen molar-refractivity contribution in [2.75, 3.05) is 13.6 Å². The summed E-state index contributed by atoms with van der Waals surface area (Å²) >= 11 is 0. The predicted molar refractivity (Wildman–Crippen MR) is 58.7 cm³/mol. The van der Waals surface area contributed by atoms with Crippen molar-refractivity contribution >= 4 is 5.78 Å². The number of carbonyl (C=O) groups is 1. The van der Waals surface area contributed by atoms with Crippen LogP contribution in [-0.2, 0) is 24.2 Å². The summed E-state index contributed by atoms with van der Waals surface area (Å²) in [7, 11) is 2.11. The van der Waals surface area contributed by atoms with E-state index >= 15 is 0 Å². The Morgan fingerprint density at radius 3 is 3.07 bits per heavy atom. The molecule has 1 aromatic rings. The normalized spacial score (nSPS) is 16.1. The molecule has 0 saturated carbocycles. The number of rotatable bonds is 2. The van der Waals surface area contributed by atoms with Crippen molar-refractivity contribution in [2.24, 2.45) is 0 Å². The fourth-order valence-electron chi connectivity index (χ4n) is 2.13. The maximum absolute atomic E-state index is 11.1. The SMILES string of the molecule is CC(=O)Cc1cncc2c1CCN(C)C2. The first-order valence-electron chi connectivity index (χ1n) is 5.29. The van der Waals surface area contributed by atoms with Gasteiger partial charge in [-0.25, -0.2) is 0 Å². The van der Waals surface area contributed by atoms with Gasteiger partial charge in [0.05, 0.1) is 0 Å². The molecule has 0 fully saturated rings. The van der Waals surface area contributed by atoms with Gasteiger partial charge in [0.1, 0.15) is 5.78 Å². The van der Waals surface area contributed by atoms with Crippen molar-refractivity contribution in [3.8, 4) is 0 Å². The van der Waals surface area contributed by atoms with Crippen molar-refractivity contribution in [1.82, 2.24) is 9.88 Å². The van der Waals surface area contributed by atoms with Crippen LogP contribution >= 0.6 is 0 Å². The van der Waals surface area contributed by atoms with Gasteiger partial charge in [-0.2, -0.15) is 0 Å². The van der Waals surface area contributed by atoms with Crippen molar-refractivity contribution in [1.29, 1.82) is 0 Å². The summed E-state index contributed by atoms with van der Waals surface area (Å²) in [5.74, 6) is 0.212. The molecule has 3 nitrogen and oxygen atoms in total. The smallest absolute Gasteiger partial charge is 0.134 e. The highest BCUT2D eigenvalue weighted by Gasteiger charge is 2.16. The van der Waals surface area contributed by atoms with E-state index in [1.807, 2.05) is 12.4 Å². The third kappa shape index (κ3) is 2.23. The first kappa shape index (κ1) is 10.3. The third-order valence-electron chi connectivity index (χ3n) is 2.86. The number of nitrogens with zero attached hydrogens (tertiary/aromatic N) is 2. The molecule has 0 aromatic carbocycles. The molecule has 0 radical (unpaired) electrons. The van der Waals surface area contributed by atoms with Gasteiger partial charge in [0.2, 0.25) is 0 Å². The van der Waals surface area contributed by atoms with E-state index in [9.17, 15) is 4.79 Å². The standard InChI is InChI=1S/C12H16N2O/c1-9(15)5-10-6-13-7-11-8-14(2)4-3-12(10)11/h6-7H,3-5,8H2,1-2H3. The average molecular weight is 204 g/mol. The van der Waals surface area contributed by atoms with Crippen molar-refractivity contribution in [3.05, 3.63) is 29.1 Å². The zero-order valence-corrected chi connectivity index (χ0v) is 9.29. The lowest BCUT2D eigenvalue weighted by Gasteiger charge is -2.26. The molecule has 0 amide bonds. The largest absolute Gasteiger partial charge is 0.302 e. The van der Waals surface area contributed by atoms with E-state index in [1.165, 1.54) is 11.1 Å². The van der Waals surface area contributed by atoms with Crippen LogP contribution in [0.25, 0.3) is 0 Å². The topological polar surface area (TPSA) is 33.2 Å². The number of aromatic nitrogens is 1. The Hall–Kier alpha value is -1.22. The number of Topliss-reactive ketones (excluding diaryl/α,β-unsaturated/α-hetero) is 1. The molecular formula is C12H16N2O. The second kappa shape index (κ2) is 4.11. The molecule has 1 aromatic heterocycles. The average Bonchev–Trinajstić information content (AvgIpc) is 2.16. The van der Waals surface area contributed by atoms with E-state index in [1.54, 1.807) is 6.92 Å². The van der Waals surface area contributed by atoms with E-state index in [0.29, 0.717) is 6.42 Å². The van der Waals surface area contributed by atoms with Gasteiger partial charge in [-0.3, -0.25) is 9.78 Å². The molecule has 2 heterocycles. The molecular weight excluding hydrogens is 188 g/mol. The van der Waals surface area contributed by atoms with Gasteiger partial charge in [-0.1, -0.05) is 0 Å².